The Hall–Kier alpha value is -3.50. The van der Waals surface area contributed by atoms with Gasteiger partial charge in [0.25, 0.3) is 0 Å². The summed E-state index contributed by atoms with van der Waals surface area (Å²) in [5, 5.41) is 11.4. The standard InChI is InChI=1S/C23H22N6O/c1-14-21-13-27-22(29-23(30)15-2-3-15)8-20(21)16(9-25-14)4-5-17-6-7-18(12-26-17)28-19-10-24-11-19/h6-9,12-13,15,19,24,28H,2-3,10-11H2,1H3,(H,27,29,30). The lowest BCUT2D eigenvalue weighted by atomic mass is 10.1. The summed E-state index contributed by atoms with van der Waals surface area (Å²) in [5.41, 5.74) is 3.35. The van der Waals surface area contributed by atoms with Gasteiger partial charge in [0.2, 0.25) is 5.91 Å². The molecule has 1 aliphatic heterocycles. The van der Waals surface area contributed by atoms with Crippen molar-refractivity contribution in [1.29, 1.82) is 0 Å². The summed E-state index contributed by atoms with van der Waals surface area (Å²) in [4.78, 5) is 25.3. The van der Waals surface area contributed by atoms with Crippen molar-refractivity contribution in [1.82, 2.24) is 20.3 Å². The zero-order chi connectivity index (χ0) is 20.5. The highest BCUT2D eigenvalue weighted by Gasteiger charge is 2.29. The van der Waals surface area contributed by atoms with Crippen LogP contribution >= 0.6 is 0 Å². The van der Waals surface area contributed by atoms with E-state index < -0.39 is 0 Å². The number of nitrogens with one attached hydrogen (secondary N) is 3. The van der Waals surface area contributed by atoms with Crippen molar-refractivity contribution in [3.8, 4) is 11.8 Å². The number of aryl methyl sites for hydroxylation is 1. The summed E-state index contributed by atoms with van der Waals surface area (Å²) in [7, 11) is 0. The lowest BCUT2D eigenvalue weighted by Gasteiger charge is -2.28. The third-order valence-corrected chi connectivity index (χ3v) is 5.41. The minimum atomic E-state index is 0.0378. The second kappa shape index (κ2) is 7.73. The molecule has 7 nitrogen and oxygen atoms in total. The van der Waals surface area contributed by atoms with Gasteiger partial charge in [-0.1, -0.05) is 5.92 Å². The number of carbonyl (C=O) groups excluding carboxylic acids is 1. The fraction of sp³-hybridized carbons (Fsp3) is 0.304. The predicted molar refractivity (Wildman–Crippen MR) is 116 cm³/mol. The highest BCUT2D eigenvalue weighted by atomic mass is 16.2. The quantitative estimate of drug-likeness (QED) is 0.585. The number of pyridine rings is 3. The van der Waals surface area contributed by atoms with Gasteiger partial charge in [-0.2, -0.15) is 0 Å². The van der Waals surface area contributed by atoms with E-state index in [4.69, 9.17) is 0 Å². The van der Waals surface area contributed by atoms with Gasteiger partial charge >= 0.3 is 0 Å². The molecule has 7 heteroatoms. The molecule has 30 heavy (non-hydrogen) atoms. The molecule has 1 saturated heterocycles. The van der Waals surface area contributed by atoms with Crippen LogP contribution in [0.2, 0.25) is 0 Å². The van der Waals surface area contributed by atoms with Crippen LogP contribution in [0.25, 0.3) is 10.8 Å². The maximum Gasteiger partial charge on any atom is 0.228 e. The van der Waals surface area contributed by atoms with E-state index in [1.807, 2.05) is 31.3 Å². The number of nitrogens with zero attached hydrogens (tertiary/aromatic N) is 3. The number of aromatic nitrogens is 3. The molecule has 0 spiro atoms. The number of hydrogen-bond donors (Lipinski definition) is 3. The van der Waals surface area contributed by atoms with Crippen molar-refractivity contribution in [3.05, 3.63) is 53.7 Å². The van der Waals surface area contributed by atoms with Crippen LogP contribution in [0.5, 0.6) is 0 Å². The highest BCUT2D eigenvalue weighted by Crippen LogP contribution is 2.30. The second-order valence-corrected chi connectivity index (χ2v) is 7.82. The van der Waals surface area contributed by atoms with Gasteiger partial charge in [0.15, 0.2) is 0 Å². The topological polar surface area (TPSA) is 91.8 Å². The van der Waals surface area contributed by atoms with Crippen molar-refractivity contribution in [2.75, 3.05) is 23.7 Å². The third kappa shape index (κ3) is 3.95. The monoisotopic (exact) mass is 398 g/mol. The van der Waals surface area contributed by atoms with E-state index in [0.717, 1.165) is 53.6 Å². The summed E-state index contributed by atoms with van der Waals surface area (Å²) in [5.74, 6) is 7.02. The molecule has 1 aliphatic carbocycles. The van der Waals surface area contributed by atoms with Crippen molar-refractivity contribution in [3.63, 3.8) is 0 Å². The molecule has 3 aromatic rings. The van der Waals surface area contributed by atoms with Crippen LogP contribution in [0.1, 0.15) is 29.8 Å². The molecule has 5 rings (SSSR count). The molecule has 0 aromatic carbocycles. The van der Waals surface area contributed by atoms with Crippen LogP contribution in [0.4, 0.5) is 11.5 Å². The first-order chi connectivity index (χ1) is 14.7. The number of rotatable bonds is 4. The van der Waals surface area contributed by atoms with Gasteiger partial charge in [0.1, 0.15) is 11.5 Å². The Bertz CT molecular complexity index is 1170. The van der Waals surface area contributed by atoms with E-state index in [1.165, 1.54) is 0 Å². The minimum Gasteiger partial charge on any atom is -0.379 e. The first kappa shape index (κ1) is 18.5. The zero-order valence-corrected chi connectivity index (χ0v) is 16.7. The van der Waals surface area contributed by atoms with Crippen LogP contribution in [0, 0.1) is 24.7 Å². The number of hydrogen-bond acceptors (Lipinski definition) is 6. The highest BCUT2D eigenvalue weighted by molar-refractivity contribution is 5.96. The Morgan fingerprint density at radius 1 is 1.07 bits per heavy atom. The third-order valence-electron chi connectivity index (χ3n) is 5.41. The molecule has 0 unspecified atom stereocenters. The summed E-state index contributed by atoms with van der Waals surface area (Å²) in [6.07, 6.45) is 7.23. The van der Waals surface area contributed by atoms with Crippen LogP contribution in [-0.4, -0.2) is 40.0 Å². The Balaban J connectivity index is 1.40. The molecule has 3 aromatic heterocycles. The Labute approximate surface area is 174 Å². The summed E-state index contributed by atoms with van der Waals surface area (Å²) in [6, 6.07) is 6.25. The maximum atomic E-state index is 12.1. The Morgan fingerprint density at radius 2 is 1.93 bits per heavy atom. The van der Waals surface area contributed by atoms with E-state index in [1.54, 1.807) is 12.4 Å². The smallest absolute Gasteiger partial charge is 0.228 e. The molecule has 4 heterocycles. The molecule has 150 valence electrons. The SMILES string of the molecule is Cc1ncc(C#Cc2ccc(NC3CNC3)cn2)c2cc(NC(=O)C3CC3)ncc12. The van der Waals surface area contributed by atoms with Crippen LogP contribution < -0.4 is 16.0 Å². The number of fused-ring (bicyclic) bond motifs is 1. The van der Waals surface area contributed by atoms with E-state index >= 15 is 0 Å². The van der Waals surface area contributed by atoms with Gasteiger partial charge < -0.3 is 16.0 Å². The maximum absolute atomic E-state index is 12.1. The van der Waals surface area contributed by atoms with E-state index in [2.05, 4.69) is 42.7 Å². The van der Waals surface area contributed by atoms with Crippen molar-refractivity contribution in [2.45, 2.75) is 25.8 Å². The van der Waals surface area contributed by atoms with Crippen molar-refractivity contribution >= 4 is 28.2 Å². The van der Waals surface area contributed by atoms with Crippen molar-refractivity contribution in [2.24, 2.45) is 5.92 Å². The van der Waals surface area contributed by atoms with Crippen LogP contribution in [0.15, 0.2) is 36.8 Å². The molecule has 2 fully saturated rings. The van der Waals surface area contributed by atoms with Crippen molar-refractivity contribution < 1.29 is 4.79 Å². The first-order valence-corrected chi connectivity index (χ1v) is 10.2. The van der Waals surface area contributed by atoms with Gasteiger partial charge in [-0.15, -0.1) is 0 Å². The number of amides is 1. The molecule has 0 atom stereocenters. The molecular weight excluding hydrogens is 376 g/mol. The normalized spacial score (nSPS) is 15.8. The first-order valence-electron chi connectivity index (χ1n) is 10.2. The summed E-state index contributed by atoms with van der Waals surface area (Å²) >= 11 is 0. The second-order valence-electron chi connectivity index (χ2n) is 7.82. The van der Waals surface area contributed by atoms with Gasteiger partial charge in [-0.25, -0.2) is 9.97 Å². The van der Waals surface area contributed by atoms with Crippen LogP contribution in [0.3, 0.4) is 0 Å². The lowest BCUT2D eigenvalue weighted by Crippen LogP contribution is -2.51. The van der Waals surface area contributed by atoms with Gasteiger partial charge in [0.05, 0.1) is 23.5 Å². The fourth-order valence-corrected chi connectivity index (χ4v) is 3.32. The molecule has 1 saturated carbocycles. The zero-order valence-electron chi connectivity index (χ0n) is 16.7. The molecule has 0 radical (unpaired) electrons. The largest absolute Gasteiger partial charge is 0.379 e. The summed E-state index contributed by atoms with van der Waals surface area (Å²) < 4.78 is 0. The molecule has 3 N–H and O–H groups in total. The van der Waals surface area contributed by atoms with E-state index in [0.29, 0.717) is 17.6 Å². The van der Waals surface area contributed by atoms with Crippen LogP contribution in [-0.2, 0) is 4.79 Å². The minimum absolute atomic E-state index is 0.0378. The lowest BCUT2D eigenvalue weighted by molar-refractivity contribution is -0.117. The van der Waals surface area contributed by atoms with Gasteiger partial charge in [0, 0.05) is 47.9 Å². The average Bonchev–Trinajstić information content (AvgIpc) is 3.57. The number of anilines is 2. The van der Waals surface area contributed by atoms with E-state index in [9.17, 15) is 4.79 Å². The predicted octanol–water partition coefficient (Wildman–Crippen LogP) is 2.47. The fourth-order valence-electron chi connectivity index (χ4n) is 3.32. The Kier molecular flexibility index (Phi) is 4.77. The number of carbonyl (C=O) groups is 1. The molecule has 2 aliphatic rings. The molecular formula is C23H22N6O. The Morgan fingerprint density at radius 3 is 2.63 bits per heavy atom. The van der Waals surface area contributed by atoms with E-state index in [-0.39, 0.29) is 11.8 Å². The van der Waals surface area contributed by atoms with Gasteiger partial charge in [-0.3, -0.25) is 9.78 Å². The molecule has 0 bridgehead atoms. The average molecular weight is 398 g/mol. The van der Waals surface area contributed by atoms with Gasteiger partial charge in [-0.05, 0) is 43.9 Å². The molecule has 1 amide bonds. The summed E-state index contributed by atoms with van der Waals surface area (Å²) in [6.45, 7) is 3.90.